The summed E-state index contributed by atoms with van der Waals surface area (Å²) in [6.45, 7) is 7.74. The molecule has 1 aliphatic heterocycles. The zero-order chi connectivity index (χ0) is 19.9. The Balaban J connectivity index is 1.43. The lowest BCUT2D eigenvalue weighted by molar-refractivity contribution is -1.02. The Morgan fingerprint density at radius 2 is 1.82 bits per heavy atom. The minimum Gasteiger partial charge on any atom is -0.493 e. The minimum atomic E-state index is 0.0869. The number of piperazine rings is 1. The molecular formula is C21H31N3O3S+2. The normalized spacial score (nSPS) is 20.4. The van der Waals surface area contributed by atoms with Crippen molar-refractivity contribution in [2.45, 2.75) is 19.5 Å². The van der Waals surface area contributed by atoms with Gasteiger partial charge in [-0.25, -0.2) is 0 Å². The van der Waals surface area contributed by atoms with E-state index in [0.717, 1.165) is 44.2 Å². The molecule has 0 spiro atoms. The summed E-state index contributed by atoms with van der Waals surface area (Å²) < 4.78 is 10.7. The summed E-state index contributed by atoms with van der Waals surface area (Å²) in [5.41, 5.74) is 1.25. The highest BCUT2D eigenvalue weighted by molar-refractivity contribution is 7.10. The molecule has 6 nitrogen and oxygen atoms in total. The number of methoxy groups -OCH3 is 2. The maximum absolute atomic E-state index is 12.4. The monoisotopic (exact) mass is 405 g/mol. The summed E-state index contributed by atoms with van der Waals surface area (Å²) in [6.07, 6.45) is 0. The molecule has 1 fully saturated rings. The number of carbonyl (C=O) groups is 1. The second-order valence-corrected chi connectivity index (χ2v) is 8.33. The fraction of sp³-hybridized carbons (Fsp3) is 0.476. The van der Waals surface area contributed by atoms with Gasteiger partial charge in [0.25, 0.3) is 5.91 Å². The van der Waals surface area contributed by atoms with Gasteiger partial charge in [0, 0.05) is 10.4 Å². The largest absolute Gasteiger partial charge is 0.493 e. The van der Waals surface area contributed by atoms with E-state index in [-0.39, 0.29) is 11.9 Å². The van der Waals surface area contributed by atoms with Gasteiger partial charge in [-0.05, 0) is 36.6 Å². The highest BCUT2D eigenvalue weighted by atomic mass is 32.1. The van der Waals surface area contributed by atoms with Crippen molar-refractivity contribution in [2.24, 2.45) is 0 Å². The zero-order valence-corrected chi connectivity index (χ0v) is 17.7. The van der Waals surface area contributed by atoms with Crippen molar-refractivity contribution in [3.63, 3.8) is 0 Å². The number of hydrogen-bond donors (Lipinski definition) is 3. The van der Waals surface area contributed by atoms with E-state index in [4.69, 9.17) is 9.47 Å². The molecular weight excluding hydrogens is 374 g/mol. The molecule has 1 aromatic carbocycles. The Labute approximate surface area is 171 Å². The molecule has 0 saturated carbocycles. The molecule has 3 N–H and O–H groups in total. The summed E-state index contributed by atoms with van der Waals surface area (Å²) in [5.74, 6) is 1.68. The SMILES string of the molecule is COc1ccc(C[NH+]2CC[NH+](CC(=O)N[C@H](C)c3cccs3)CC2)cc1OC. The first-order valence-electron chi connectivity index (χ1n) is 9.80. The number of thiophene rings is 1. The highest BCUT2D eigenvalue weighted by Gasteiger charge is 2.25. The second-order valence-electron chi connectivity index (χ2n) is 7.35. The Morgan fingerprint density at radius 1 is 1.11 bits per heavy atom. The predicted octanol–water partition coefficient (Wildman–Crippen LogP) is -0.0739. The number of nitrogens with one attached hydrogen (secondary N) is 3. The first-order valence-corrected chi connectivity index (χ1v) is 10.7. The molecule has 3 rings (SSSR count). The Bertz CT molecular complexity index is 758. The van der Waals surface area contributed by atoms with Gasteiger partial charge in [0.15, 0.2) is 18.0 Å². The number of carbonyl (C=O) groups excluding carboxylic acids is 1. The molecule has 152 valence electrons. The minimum absolute atomic E-state index is 0.0869. The number of quaternary nitrogens is 2. The molecule has 1 atom stereocenters. The molecule has 1 amide bonds. The van der Waals surface area contributed by atoms with Gasteiger partial charge in [-0.15, -0.1) is 11.3 Å². The van der Waals surface area contributed by atoms with Gasteiger partial charge >= 0.3 is 0 Å². The molecule has 7 heteroatoms. The molecule has 28 heavy (non-hydrogen) atoms. The average molecular weight is 406 g/mol. The summed E-state index contributed by atoms with van der Waals surface area (Å²) in [7, 11) is 3.32. The molecule has 0 unspecified atom stereocenters. The maximum Gasteiger partial charge on any atom is 0.275 e. The number of benzene rings is 1. The second kappa shape index (κ2) is 9.91. The lowest BCUT2D eigenvalue weighted by Gasteiger charge is -2.29. The smallest absolute Gasteiger partial charge is 0.275 e. The molecule has 1 aromatic heterocycles. The summed E-state index contributed by atoms with van der Waals surface area (Å²) in [4.78, 5) is 16.5. The quantitative estimate of drug-likeness (QED) is 0.576. The van der Waals surface area contributed by atoms with E-state index in [0.29, 0.717) is 6.54 Å². The van der Waals surface area contributed by atoms with E-state index in [1.165, 1.54) is 15.3 Å². The Hall–Kier alpha value is -2.09. The van der Waals surface area contributed by atoms with E-state index in [9.17, 15) is 4.79 Å². The number of ether oxygens (including phenoxy) is 2. The van der Waals surface area contributed by atoms with Crippen LogP contribution in [0.5, 0.6) is 11.5 Å². The average Bonchev–Trinajstić information content (AvgIpc) is 3.24. The molecule has 0 bridgehead atoms. The number of rotatable bonds is 8. The van der Waals surface area contributed by atoms with E-state index in [1.807, 2.05) is 24.4 Å². The first kappa shape index (κ1) is 20.6. The van der Waals surface area contributed by atoms with E-state index in [2.05, 4.69) is 23.5 Å². The van der Waals surface area contributed by atoms with Gasteiger partial charge in [0.05, 0.1) is 20.3 Å². The number of hydrogen-bond acceptors (Lipinski definition) is 4. The van der Waals surface area contributed by atoms with Crippen LogP contribution in [0, 0.1) is 0 Å². The fourth-order valence-corrected chi connectivity index (χ4v) is 4.45. The van der Waals surface area contributed by atoms with Crippen LogP contribution in [0.2, 0.25) is 0 Å². The van der Waals surface area contributed by atoms with Crippen molar-refractivity contribution in [1.82, 2.24) is 5.32 Å². The van der Waals surface area contributed by atoms with Gasteiger partial charge < -0.3 is 24.6 Å². The van der Waals surface area contributed by atoms with Crippen molar-refractivity contribution >= 4 is 17.2 Å². The van der Waals surface area contributed by atoms with Crippen molar-refractivity contribution in [2.75, 3.05) is 46.9 Å². The van der Waals surface area contributed by atoms with E-state index in [1.54, 1.807) is 30.5 Å². The molecule has 2 aromatic rings. The zero-order valence-electron chi connectivity index (χ0n) is 16.9. The fourth-order valence-electron chi connectivity index (χ4n) is 3.72. The van der Waals surface area contributed by atoms with Gasteiger partial charge in [-0.1, -0.05) is 6.07 Å². The third-order valence-corrected chi connectivity index (χ3v) is 6.38. The Kier molecular flexibility index (Phi) is 7.30. The molecule has 2 heterocycles. The van der Waals surface area contributed by atoms with Gasteiger partial charge in [-0.2, -0.15) is 0 Å². The van der Waals surface area contributed by atoms with E-state index < -0.39 is 0 Å². The topological polar surface area (TPSA) is 56.4 Å². The van der Waals surface area contributed by atoms with Crippen LogP contribution in [0.25, 0.3) is 0 Å². The lowest BCUT2D eigenvalue weighted by Crippen LogP contribution is -3.28. The lowest BCUT2D eigenvalue weighted by atomic mass is 10.1. The standard InChI is InChI=1S/C21H29N3O3S/c1-16(20-5-4-12-28-20)22-21(25)15-24-10-8-23(9-11-24)14-17-6-7-18(26-2)19(13-17)27-3/h4-7,12-13,16H,8-11,14-15H2,1-3H3,(H,22,25)/p+2/t16-/m1/s1. The van der Waals surface area contributed by atoms with Crippen LogP contribution in [0.15, 0.2) is 35.7 Å². The maximum atomic E-state index is 12.4. The van der Waals surface area contributed by atoms with Crippen molar-refractivity contribution in [1.29, 1.82) is 0 Å². The van der Waals surface area contributed by atoms with Crippen molar-refractivity contribution in [3.05, 3.63) is 46.2 Å². The summed E-state index contributed by atoms with van der Waals surface area (Å²) in [5, 5.41) is 5.17. The van der Waals surface area contributed by atoms with E-state index >= 15 is 0 Å². The molecule has 0 aliphatic carbocycles. The Morgan fingerprint density at radius 3 is 2.46 bits per heavy atom. The first-order chi connectivity index (χ1) is 13.6. The van der Waals surface area contributed by atoms with Gasteiger partial charge in [-0.3, -0.25) is 4.79 Å². The van der Waals surface area contributed by atoms with Crippen LogP contribution in [0.4, 0.5) is 0 Å². The van der Waals surface area contributed by atoms with Crippen LogP contribution >= 0.6 is 11.3 Å². The summed E-state index contributed by atoms with van der Waals surface area (Å²) in [6, 6.07) is 10.3. The van der Waals surface area contributed by atoms with Crippen LogP contribution < -0.4 is 24.6 Å². The van der Waals surface area contributed by atoms with Crippen LogP contribution in [0.3, 0.4) is 0 Å². The van der Waals surface area contributed by atoms with Crippen molar-refractivity contribution < 1.29 is 24.1 Å². The summed E-state index contributed by atoms with van der Waals surface area (Å²) >= 11 is 1.68. The molecule has 0 radical (unpaired) electrons. The predicted molar refractivity (Wildman–Crippen MR) is 110 cm³/mol. The number of amides is 1. The highest BCUT2D eigenvalue weighted by Crippen LogP contribution is 2.27. The van der Waals surface area contributed by atoms with Crippen LogP contribution in [-0.2, 0) is 11.3 Å². The van der Waals surface area contributed by atoms with Crippen LogP contribution in [0.1, 0.15) is 23.4 Å². The third-order valence-electron chi connectivity index (χ3n) is 5.32. The van der Waals surface area contributed by atoms with Gasteiger partial charge in [0.1, 0.15) is 32.7 Å². The van der Waals surface area contributed by atoms with Gasteiger partial charge in [0.2, 0.25) is 0 Å². The molecule has 1 aliphatic rings. The molecule has 1 saturated heterocycles. The third kappa shape index (κ3) is 5.47. The van der Waals surface area contributed by atoms with Crippen LogP contribution in [-0.4, -0.2) is 52.9 Å². The van der Waals surface area contributed by atoms with Crippen molar-refractivity contribution in [3.8, 4) is 11.5 Å².